The number of hydrogen-bond acceptors (Lipinski definition) is 3. The van der Waals surface area contributed by atoms with Crippen LogP contribution in [0.1, 0.15) is 47.9 Å². The van der Waals surface area contributed by atoms with Gasteiger partial charge < -0.3 is 0 Å². The van der Waals surface area contributed by atoms with E-state index in [4.69, 9.17) is 4.84 Å². The van der Waals surface area contributed by atoms with Crippen LogP contribution in [-0.2, 0) is 22.8 Å². The van der Waals surface area contributed by atoms with Crippen LogP contribution >= 0.6 is 0 Å². The molecule has 1 spiro atoms. The van der Waals surface area contributed by atoms with Crippen molar-refractivity contribution in [3.8, 4) is 0 Å². The Hall–Kier alpha value is -2.24. The van der Waals surface area contributed by atoms with Crippen LogP contribution in [0.3, 0.4) is 0 Å². The monoisotopic (exact) mass is 396 g/mol. The van der Waals surface area contributed by atoms with E-state index >= 15 is 0 Å². The van der Waals surface area contributed by atoms with Gasteiger partial charge in [0.1, 0.15) is 12.4 Å². The Bertz CT molecular complexity index is 890. The van der Waals surface area contributed by atoms with Gasteiger partial charge in [0.05, 0.1) is 5.54 Å². The normalized spacial score (nSPS) is 19.3. The summed E-state index contributed by atoms with van der Waals surface area (Å²) in [5, 5.41) is 1.58. The molecular weight excluding hydrogens is 367 g/mol. The number of carbonyl (C=O) groups excluding carboxylic acids is 1. The van der Waals surface area contributed by atoms with Gasteiger partial charge in [0, 0.05) is 31.6 Å². The second-order valence-corrected chi connectivity index (χ2v) is 8.48. The molecule has 0 saturated carbocycles. The minimum atomic E-state index is -0.295. The van der Waals surface area contributed by atoms with Gasteiger partial charge in [-0.05, 0) is 50.3 Å². The molecule has 1 amide bonds. The molecule has 2 fully saturated rings. The number of nitrogens with zero attached hydrogens (tertiary/aromatic N) is 2. The molecule has 0 aromatic heterocycles. The fourth-order valence-electron chi connectivity index (χ4n) is 4.56. The first-order chi connectivity index (χ1) is 14.0. The van der Waals surface area contributed by atoms with Crippen LogP contribution in [0.5, 0.6) is 0 Å². The van der Waals surface area contributed by atoms with E-state index in [-0.39, 0.29) is 23.9 Å². The zero-order chi connectivity index (χ0) is 20.4. The highest BCUT2D eigenvalue weighted by atomic mass is 19.1. The summed E-state index contributed by atoms with van der Waals surface area (Å²) in [5.41, 5.74) is 4.21. The van der Waals surface area contributed by atoms with Crippen LogP contribution in [0.25, 0.3) is 0 Å². The third-order valence-electron chi connectivity index (χ3n) is 6.45. The Kier molecular flexibility index (Phi) is 5.70. The Morgan fingerprint density at radius 2 is 1.79 bits per heavy atom. The zero-order valence-electron chi connectivity index (χ0n) is 17.3. The van der Waals surface area contributed by atoms with Gasteiger partial charge in [-0.1, -0.05) is 42.0 Å². The van der Waals surface area contributed by atoms with Crippen LogP contribution in [0, 0.1) is 19.7 Å². The number of carbonyl (C=O) groups is 1. The fourth-order valence-corrected chi connectivity index (χ4v) is 4.56. The summed E-state index contributed by atoms with van der Waals surface area (Å²) in [6.07, 6.45) is 3.11. The topological polar surface area (TPSA) is 32.8 Å². The number of aryl methyl sites for hydroxylation is 2. The standard InChI is InChI=1S/C24H29FN2O2/c1-18-7-8-19(2)21(15-18)16-26-13-11-24(12-14-26)10-9-23(28)27(24)29-17-20-5-3-4-6-22(20)25/h3-8,15H,9-14,16-17H2,1-2H3. The largest absolute Gasteiger partial charge is 0.299 e. The second-order valence-electron chi connectivity index (χ2n) is 8.48. The number of hydrogen-bond donors (Lipinski definition) is 0. The number of likely N-dealkylation sites (tertiary alicyclic amines) is 1. The smallest absolute Gasteiger partial charge is 0.246 e. The lowest BCUT2D eigenvalue weighted by Crippen LogP contribution is -2.52. The summed E-state index contributed by atoms with van der Waals surface area (Å²) in [6.45, 7) is 7.18. The molecule has 0 N–H and O–H groups in total. The molecule has 29 heavy (non-hydrogen) atoms. The average Bonchev–Trinajstić information content (AvgIpc) is 3.01. The molecule has 2 saturated heterocycles. The van der Waals surface area contributed by atoms with Crippen molar-refractivity contribution in [2.45, 2.75) is 58.2 Å². The molecule has 2 aromatic rings. The summed E-state index contributed by atoms with van der Waals surface area (Å²) in [5.74, 6) is -0.277. The third kappa shape index (κ3) is 4.21. The van der Waals surface area contributed by atoms with Crippen molar-refractivity contribution in [2.75, 3.05) is 13.1 Å². The third-order valence-corrected chi connectivity index (χ3v) is 6.45. The molecule has 4 rings (SSSR count). The molecular formula is C24H29FN2O2. The molecule has 2 heterocycles. The Morgan fingerprint density at radius 1 is 1.03 bits per heavy atom. The number of benzene rings is 2. The first kappa shape index (κ1) is 20.0. The van der Waals surface area contributed by atoms with E-state index in [1.54, 1.807) is 23.3 Å². The maximum atomic E-state index is 13.9. The highest BCUT2D eigenvalue weighted by Crippen LogP contribution is 2.40. The Labute approximate surface area is 172 Å². The van der Waals surface area contributed by atoms with Crippen molar-refractivity contribution in [2.24, 2.45) is 0 Å². The first-order valence-electron chi connectivity index (χ1n) is 10.4. The first-order valence-corrected chi connectivity index (χ1v) is 10.4. The van der Waals surface area contributed by atoms with Gasteiger partial charge in [0.25, 0.3) is 0 Å². The molecule has 2 aliphatic heterocycles. The van der Waals surface area contributed by atoms with Crippen LogP contribution in [0.2, 0.25) is 0 Å². The molecule has 0 bridgehead atoms. The zero-order valence-corrected chi connectivity index (χ0v) is 17.3. The van der Waals surface area contributed by atoms with Crippen molar-refractivity contribution in [3.05, 3.63) is 70.5 Å². The maximum absolute atomic E-state index is 13.9. The summed E-state index contributed by atoms with van der Waals surface area (Å²) in [7, 11) is 0. The number of halogens is 1. The quantitative estimate of drug-likeness (QED) is 0.744. The minimum Gasteiger partial charge on any atom is -0.299 e. The molecule has 2 aromatic carbocycles. The highest BCUT2D eigenvalue weighted by Gasteiger charge is 2.48. The van der Waals surface area contributed by atoms with E-state index in [0.717, 1.165) is 38.9 Å². The fraction of sp³-hybridized carbons (Fsp3) is 0.458. The Balaban J connectivity index is 1.40. The second kappa shape index (κ2) is 8.25. The maximum Gasteiger partial charge on any atom is 0.246 e. The van der Waals surface area contributed by atoms with E-state index in [2.05, 4.69) is 36.9 Å². The number of amides is 1. The van der Waals surface area contributed by atoms with Crippen molar-refractivity contribution in [1.29, 1.82) is 0 Å². The lowest BCUT2D eigenvalue weighted by Gasteiger charge is -2.43. The molecule has 0 unspecified atom stereocenters. The van der Waals surface area contributed by atoms with Gasteiger partial charge >= 0.3 is 0 Å². The van der Waals surface area contributed by atoms with Crippen molar-refractivity contribution < 1.29 is 14.0 Å². The lowest BCUT2D eigenvalue weighted by molar-refractivity contribution is -0.223. The van der Waals surface area contributed by atoms with Crippen LogP contribution in [-0.4, -0.2) is 34.5 Å². The molecule has 2 aliphatic rings. The summed E-state index contributed by atoms with van der Waals surface area (Å²) in [6, 6.07) is 13.2. The van der Waals surface area contributed by atoms with Gasteiger partial charge in [0.15, 0.2) is 0 Å². The van der Waals surface area contributed by atoms with Crippen LogP contribution in [0.15, 0.2) is 42.5 Å². The van der Waals surface area contributed by atoms with E-state index in [9.17, 15) is 9.18 Å². The minimum absolute atomic E-state index is 0.0179. The predicted octanol–water partition coefficient (Wildman–Crippen LogP) is 4.53. The predicted molar refractivity (Wildman–Crippen MR) is 110 cm³/mol. The van der Waals surface area contributed by atoms with Gasteiger partial charge in [-0.25, -0.2) is 9.45 Å². The van der Waals surface area contributed by atoms with Gasteiger partial charge in [-0.3, -0.25) is 14.5 Å². The molecule has 4 nitrogen and oxygen atoms in total. The molecule has 5 heteroatoms. The summed E-state index contributed by atoms with van der Waals surface area (Å²) >= 11 is 0. The lowest BCUT2D eigenvalue weighted by atomic mass is 9.85. The van der Waals surface area contributed by atoms with Gasteiger partial charge in [-0.2, -0.15) is 0 Å². The van der Waals surface area contributed by atoms with Gasteiger partial charge in [0.2, 0.25) is 5.91 Å². The summed E-state index contributed by atoms with van der Waals surface area (Å²) < 4.78 is 13.9. The molecule has 0 aliphatic carbocycles. The number of rotatable bonds is 5. The van der Waals surface area contributed by atoms with E-state index in [0.29, 0.717) is 12.0 Å². The van der Waals surface area contributed by atoms with Crippen LogP contribution in [0.4, 0.5) is 4.39 Å². The van der Waals surface area contributed by atoms with E-state index in [1.165, 1.54) is 22.8 Å². The number of hydroxylamine groups is 2. The average molecular weight is 397 g/mol. The SMILES string of the molecule is Cc1ccc(C)c(CN2CCC3(CCC(=O)N3OCc3ccccc3F)CC2)c1. The Morgan fingerprint density at radius 3 is 2.55 bits per heavy atom. The van der Waals surface area contributed by atoms with Crippen molar-refractivity contribution >= 4 is 5.91 Å². The van der Waals surface area contributed by atoms with E-state index < -0.39 is 0 Å². The van der Waals surface area contributed by atoms with Gasteiger partial charge in [-0.15, -0.1) is 0 Å². The molecule has 154 valence electrons. The number of piperidine rings is 1. The van der Waals surface area contributed by atoms with Crippen LogP contribution < -0.4 is 0 Å². The molecule has 0 radical (unpaired) electrons. The summed E-state index contributed by atoms with van der Waals surface area (Å²) in [4.78, 5) is 20.9. The highest BCUT2D eigenvalue weighted by molar-refractivity contribution is 5.78. The van der Waals surface area contributed by atoms with Crippen molar-refractivity contribution in [3.63, 3.8) is 0 Å². The molecule has 0 atom stereocenters. The van der Waals surface area contributed by atoms with Crippen molar-refractivity contribution in [1.82, 2.24) is 9.96 Å². The van der Waals surface area contributed by atoms with E-state index in [1.807, 2.05) is 0 Å².